The molecule has 3 aromatic carbocycles. The number of likely N-dealkylation sites (tertiary alicyclic amines) is 2. The predicted molar refractivity (Wildman–Crippen MR) is 231 cm³/mol. The lowest BCUT2D eigenvalue weighted by atomic mass is 9.88. The second-order valence-corrected chi connectivity index (χ2v) is 16.8. The van der Waals surface area contributed by atoms with Crippen molar-refractivity contribution in [3.8, 4) is 17.0 Å². The van der Waals surface area contributed by atoms with Crippen molar-refractivity contribution in [1.82, 2.24) is 29.9 Å². The minimum atomic E-state index is -0.358. The molecule has 60 heavy (non-hydrogen) atoms. The van der Waals surface area contributed by atoms with Crippen molar-refractivity contribution in [2.75, 3.05) is 75.0 Å². The lowest BCUT2D eigenvalue weighted by molar-refractivity contribution is -0.120. The molecule has 4 aliphatic rings. The van der Waals surface area contributed by atoms with Gasteiger partial charge in [-0.15, -0.1) is 10.2 Å². The summed E-state index contributed by atoms with van der Waals surface area (Å²) in [6, 6.07) is 25.2. The Morgan fingerprint density at radius 3 is 2.42 bits per heavy atom. The van der Waals surface area contributed by atoms with E-state index >= 15 is 0 Å². The number of methoxy groups -OCH3 is 1. The highest BCUT2D eigenvalue weighted by Crippen LogP contribution is 2.37. The number of ether oxygens (including phenoxy) is 1. The van der Waals surface area contributed by atoms with Gasteiger partial charge in [-0.2, -0.15) is 0 Å². The van der Waals surface area contributed by atoms with Gasteiger partial charge in [-0.25, -0.2) is 4.79 Å². The number of benzene rings is 3. The van der Waals surface area contributed by atoms with Crippen molar-refractivity contribution in [1.29, 1.82) is 0 Å². The Labute approximate surface area is 349 Å². The summed E-state index contributed by atoms with van der Waals surface area (Å²) in [6.07, 6.45) is 7.37. The van der Waals surface area contributed by atoms with E-state index in [2.05, 4.69) is 60.3 Å². The number of nitrogens with two attached hydrogens (primary N) is 1. The molecule has 4 aliphatic heterocycles. The Kier molecular flexibility index (Phi) is 11.1. The van der Waals surface area contributed by atoms with Gasteiger partial charge in [-0.3, -0.25) is 19.8 Å². The number of carbonyl (C=O) groups excluding carboxylic acids is 3. The molecular weight excluding hydrogens is 759 g/mol. The summed E-state index contributed by atoms with van der Waals surface area (Å²) in [6.45, 7) is 6.38. The molecule has 5 aromatic rings. The van der Waals surface area contributed by atoms with Crippen LogP contribution in [0, 0.1) is 5.92 Å². The van der Waals surface area contributed by atoms with Crippen LogP contribution in [0.4, 0.5) is 22.0 Å². The SMILES string of the molecule is CO[C@@H]1C[C@H](c2ccc(C(=O)N3CCC(CN4CCC(n5ccc6c(N7CCC(=O)NC7=O)cccc65)CC4)CC3)cc2)CN(c2cc(-c3ccccc3O)nnc2N)C1. The molecule has 0 spiro atoms. The number of hydrogen-bond acceptors (Lipinski definition) is 10. The quantitative estimate of drug-likeness (QED) is 0.160. The number of aromatic nitrogens is 3. The average Bonchev–Trinajstić information content (AvgIpc) is 3.72. The number of amides is 4. The maximum absolute atomic E-state index is 13.7. The molecule has 0 aliphatic carbocycles. The minimum absolute atomic E-state index is 0.0286. The van der Waals surface area contributed by atoms with E-state index in [4.69, 9.17) is 10.5 Å². The number of piperidine rings is 3. The standard InChI is InChI=1S/C46H53N9O5/c1-60-35-25-33(28-53(29-35)41-26-38(49-50-44(41)47)36-5-2-3-8-42(36)56)31-9-11-32(12-10-31)45(58)52-21-13-30(14-22-52)27-51-19-15-34(16-20-51)54-23-17-37-39(54)6-4-7-40(37)55-24-18-43(57)48-46(55)59/h2-12,17,23,26,30,33-35,56H,13-16,18-22,24-25,27-29H2,1H3,(H2,47,50)(H,48,57,59)/t33-,35+/m0/s1. The number of hydrogen-bond donors (Lipinski definition) is 3. The first-order chi connectivity index (χ1) is 29.2. The number of imide groups is 1. The maximum Gasteiger partial charge on any atom is 0.328 e. The molecule has 4 N–H and O–H groups in total. The molecule has 0 saturated carbocycles. The molecule has 2 aromatic heterocycles. The number of nitrogens with one attached hydrogen (secondary N) is 1. The summed E-state index contributed by atoms with van der Waals surface area (Å²) in [5, 5.41) is 22.4. The van der Waals surface area contributed by atoms with Crippen molar-refractivity contribution in [3.63, 3.8) is 0 Å². The van der Waals surface area contributed by atoms with Crippen molar-refractivity contribution in [2.45, 2.75) is 56.6 Å². The third-order valence-electron chi connectivity index (χ3n) is 13.2. The molecule has 4 fully saturated rings. The first-order valence-electron chi connectivity index (χ1n) is 21.2. The fourth-order valence-corrected chi connectivity index (χ4v) is 9.79. The van der Waals surface area contributed by atoms with Gasteiger partial charge in [0.1, 0.15) is 5.75 Å². The number of nitrogen functional groups attached to an aromatic ring is 1. The van der Waals surface area contributed by atoms with Gasteiger partial charge in [-0.05, 0) is 92.1 Å². The van der Waals surface area contributed by atoms with Crippen LogP contribution >= 0.6 is 0 Å². The molecule has 6 heterocycles. The highest BCUT2D eigenvalue weighted by Gasteiger charge is 2.32. The van der Waals surface area contributed by atoms with Gasteiger partial charge in [0.15, 0.2) is 5.82 Å². The lowest BCUT2D eigenvalue weighted by Crippen LogP contribution is -2.49. The number of aromatic hydroxyl groups is 1. The molecule has 312 valence electrons. The van der Waals surface area contributed by atoms with Crippen molar-refractivity contribution in [2.24, 2.45) is 5.92 Å². The number of para-hydroxylation sites is 1. The van der Waals surface area contributed by atoms with Gasteiger partial charge in [0, 0.05) is 101 Å². The molecule has 0 unspecified atom stereocenters. The van der Waals surface area contributed by atoms with E-state index in [-0.39, 0.29) is 35.6 Å². The summed E-state index contributed by atoms with van der Waals surface area (Å²) in [4.78, 5) is 46.5. The van der Waals surface area contributed by atoms with Gasteiger partial charge in [-0.1, -0.05) is 30.3 Å². The molecule has 2 atom stereocenters. The van der Waals surface area contributed by atoms with Crippen LogP contribution in [0.3, 0.4) is 0 Å². The van der Waals surface area contributed by atoms with Crippen LogP contribution in [0.15, 0.2) is 85.1 Å². The van der Waals surface area contributed by atoms with Crippen LogP contribution in [0.5, 0.6) is 5.75 Å². The van der Waals surface area contributed by atoms with E-state index in [0.717, 1.165) is 92.7 Å². The molecular formula is C46H53N9O5. The second kappa shape index (κ2) is 16.9. The summed E-state index contributed by atoms with van der Waals surface area (Å²) in [5.41, 5.74) is 12.1. The van der Waals surface area contributed by atoms with Crippen LogP contribution in [0.25, 0.3) is 22.2 Å². The Morgan fingerprint density at radius 1 is 0.883 bits per heavy atom. The first kappa shape index (κ1) is 39.5. The average molecular weight is 812 g/mol. The van der Waals surface area contributed by atoms with Crippen molar-refractivity contribution < 1.29 is 24.2 Å². The van der Waals surface area contributed by atoms with Gasteiger partial charge in [0.2, 0.25) is 5.91 Å². The third kappa shape index (κ3) is 8.01. The zero-order valence-corrected chi connectivity index (χ0v) is 34.1. The van der Waals surface area contributed by atoms with Gasteiger partial charge in [0.25, 0.3) is 5.91 Å². The fraction of sp³-hybridized carbons (Fsp3) is 0.413. The van der Waals surface area contributed by atoms with Crippen LogP contribution < -0.4 is 20.9 Å². The first-order valence-corrected chi connectivity index (χ1v) is 21.2. The van der Waals surface area contributed by atoms with Crippen molar-refractivity contribution >= 4 is 45.9 Å². The zero-order valence-electron chi connectivity index (χ0n) is 34.1. The number of carbonyl (C=O) groups is 3. The van der Waals surface area contributed by atoms with E-state index < -0.39 is 0 Å². The van der Waals surface area contributed by atoms with Crippen LogP contribution in [0.1, 0.15) is 66.4 Å². The van der Waals surface area contributed by atoms with Gasteiger partial charge < -0.3 is 34.8 Å². The Morgan fingerprint density at radius 2 is 1.67 bits per heavy atom. The van der Waals surface area contributed by atoms with Crippen LogP contribution in [-0.2, 0) is 9.53 Å². The summed E-state index contributed by atoms with van der Waals surface area (Å²) < 4.78 is 8.25. The summed E-state index contributed by atoms with van der Waals surface area (Å²) in [5.74, 6) is 1.03. The topological polar surface area (TPSA) is 162 Å². The highest BCUT2D eigenvalue weighted by molar-refractivity contribution is 6.09. The number of urea groups is 1. The number of fused-ring (bicyclic) bond motifs is 1. The number of phenolic OH excluding ortho intramolecular Hbond substituents is 1. The number of nitrogens with zero attached hydrogens (tertiary/aromatic N) is 7. The largest absolute Gasteiger partial charge is 0.507 e. The van der Waals surface area contributed by atoms with E-state index in [1.807, 2.05) is 47.4 Å². The molecule has 4 amide bonds. The van der Waals surface area contributed by atoms with E-state index in [1.54, 1.807) is 24.1 Å². The Balaban J connectivity index is 0.771. The zero-order chi connectivity index (χ0) is 41.3. The number of anilines is 3. The minimum Gasteiger partial charge on any atom is -0.507 e. The van der Waals surface area contributed by atoms with Gasteiger partial charge in [0.05, 0.1) is 28.7 Å². The fourth-order valence-electron chi connectivity index (χ4n) is 9.79. The normalized spacial score (nSPS) is 21.1. The Bertz CT molecular complexity index is 2370. The summed E-state index contributed by atoms with van der Waals surface area (Å²) in [7, 11) is 1.73. The predicted octanol–water partition coefficient (Wildman–Crippen LogP) is 6.03. The maximum atomic E-state index is 13.7. The molecule has 0 radical (unpaired) electrons. The van der Waals surface area contributed by atoms with Crippen molar-refractivity contribution in [3.05, 3.63) is 96.2 Å². The second-order valence-electron chi connectivity index (χ2n) is 16.8. The Hall–Kier alpha value is -5.99. The van der Waals surface area contributed by atoms with E-state index in [9.17, 15) is 19.5 Å². The van der Waals surface area contributed by atoms with E-state index in [0.29, 0.717) is 60.7 Å². The molecule has 0 bridgehead atoms. The third-order valence-corrected chi connectivity index (χ3v) is 13.2. The summed E-state index contributed by atoms with van der Waals surface area (Å²) >= 11 is 0. The number of phenols is 1. The number of rotatable bonds is 9. The molecule has 9 rings (SSSR count). The molecule has 14 nitrogen and oxygen atoms in total. The monoisotopic (exact) mass is 811 g/mol. The molecule has 14 heteroatoms. The van der Waals surface area contributed by atoms with Crippen LogP contribution in [0.2, 0.25) is 0 Å². The van der Waals surface area contributed by atoms with Crippen LogP contribution in [-0.4, -0.2) is 113 Å². The smallest absolute Gasteiger partial charge is 0.328 e. The van der Waals surface area contributed by atoms with Gasteiger partial charge >= 0.3 is 6.03 Å². The van der Waals surface area contributed by atoms with E-state index in [1.165, 1.54) is 0 Å². The molecule has 4 saturated heterocycles. The highest BCUT2D eigenvalue weighted by atomic mass is 16.5. The lowest BCUT2D eigenvalue weighted by Gasteiger charge is -2.39.